The summed E-state index contributed by atoms with van der Waals surface area (Å²) < 4.78 is 0.824. The highest BCUT2D eigenvalue weighted by atomic mass is 79.9. The number of aliphatic carboxylic acids is 1. The van der Waals surface area contributed by atoms with Gasteiger partial charge in [0.05, 0.1) is 17.6 Å². The van der Waals surface area contributed by atoms with E-state index in [0.717, 1.165) is 10.2 Å². The number of carboxylic acid groups (broad SMARTS) is 1. The number of para-hydroxylation sites is 1. The molecule has 6 heteroatoms. The number of benzene rings is 1. The lowest BCUT2D eigenvalue weighted by molar-refractivity contribution is -0.147. The number of anilines is 1. The number of hydrogen-bond donors (Lipinski definition) is 2. The lowest BCUT2D eigenvalue weighted by Gasteiger charge is -2.19. The van der Waals surface area contributed by atoms with Crippen molar-refractivity contribution >= 4 is 33.5 Å². The van der Waals surface area contributed by atoms with Crippen LogP contribution in [-0.2, 0) is 9.59 Å². The molecule has 108 valence electrons. The van der Waals surface area contributed by atoms with Crippen LogP contribution in [0, 0.1) is 5.41 Å². The molecule has 1 saturated heterocycles. The van der Waals surface area contributed by atoms with Crippen molar-refractivity contribution in [3.63, 3.8) is 0 Å². The van der Waals surface area contributed by atoms with Gasteiger partial charge in [-0.25, -0.2) is 0 Å². The van der Waals surface area contributed by atoms with Crippen molar-refractivity contribution in [3.05, 3.63) is 28.7 Å². The lowest BCUT2D eigenvalue weighted by atomic mass is 9.90. The van der Waals surface area contributed by atoms with Gasteiger partial charge in [-0.3, -0.25) is 14.5 Å². The Balaban J connectivity index is 1.91. The van der Waals surface area contributed by atoms with E-state index in [-0.39, 0.29) is 12.5 Å². The Kier molecular flexibility index (Phi) is 4.45. The Hall–Kier alpha value is -1.40. The summed E-state index contributed by atoms with van der Waals surface area (Å²) in [6.07, 6.45) is 0.574. The van der Waals surface area contributed by atoms with Gasteiger partial charge in [0.25, 0.3) is 0 Å². The van der Waals surface area contributed by atoms with Crippen LogP contribution in [0.2, 0.25) is 0 Å². The number of hydrogen-bond acceptors (Lipinski definition) is 3. The molecule has 5 nitrogen and oxygen atoms in total. The number of halogens is 1. The number of nitrogens with zero attached hydrogens (tertiary/aromatic N) is 1. The molecule has 1 atom stereocenters. The molecule has 1 amide bonds. The summed E-state index contributed by atoms with van der Waals surface area (Å²) in [5, 5.41) is 12.0. The molecule has 0 radical (unpaired) electrons. The van der Waals surface area contributed by atoms with Gasteiger partial charge < -0.3 is 10.4 Å². The Morgan fingerprint density at radius 3 is 2.75 bits per heavy atom. The second-order valence-electron chi connectivity index (χ2n) is 5.35. The van der Waals surface area contributed by atoms with Gasteiger partial charge in [-0.15, -0.1) is 0 Å². The quantitative estimate of drug-likeness (QED) is 0.881. The third-order valence-corrected chi connectivity index (χ3v) is 4.28. The topological polar surface area (TPSA) is 69.6 Å². The number of amides is 1. The van der Waals surface area contributed by atoms with Crippen molar-refractivity contribution in [2.24, 2.45) is 5.41 Å². The highest BCUT2D eigenvalue weighted by Crippen LogP contribution is 2.30. The van der Waals surface area contributed by atoms with Gasteiger partial charge in [0, 0.05) is 11.0 Å². The second kappa shape index (κ2) is 5.93. The zero-order chi connectivity index (χ0) is 14.8. The summed E-state index contributed by atoms with van der Waals surface area (Å²) in [6, 6.07) is 7.39. The Morgan fingerprint density at radius 2 is 2.15 bits per heavy atom. The number of nitrogens with one attached hydrogen (secondary N) is 1. The molecule has 1 heterocycles. The summed E-state index contributed by atoms with van der Waals surface area (Å²) in [5.41, 5.74) is -0.0224. The normalized spacial score (nSPS) is 22.7. The highest BCUT2D eigenvalue weighted by Gasteiger charge is 2.40. The van der Waals surface area contributed by atoms with Crippen LogP contribution < -0.4 is 5.32 Å². The molecular weight excluding hydrogens is 324 g/mol. The lowest BCUT2D eigenvalue weighted by Crippen LogP contribution is -2.35. The summed E-state index contributed by atoms with van der Waals surface area (Å²) in [6.45, 7) is 2.98. The number of carboxylic acids is 1. The minimum Gasteiger partial charge on any atom is -0.481 e. The molecule has 1 aromatic carbocycles. The van der Waals surface area contributed by atoms with Gasteiger partial charge >= 0.3 is 5.97 Å². The Labute approximate surface area is 126 Å². The average Bonchev–Trinajstić information content (AvgIpc) is 2.75. The highest BCUT2D eigenvalue weighted by molar-refractivity contribution is 9.10. The van der Waals surface area contributed by atoms with Crippen molar-refractivity contribution in [3.8, 4) is 0 Å². The minimum absolute atomic E-state index is 0.133. The maximum atomic E-state index is 12.0. The molecule has 0 aliphatic carbocycles. The van der Waals surface area contributed by atoms with Gasteiger partial charge in [0.1, 0.15) is 0 Å². The van der Waals surface area contributed by atoms with E-state index in [9.17, 15) is 9.59 Å². The molecule has 1 aromatic rings. The van der Waals surface area contributed by atoms with Crippen LogP contribution in [0.15, 0.2) is 28.7 Å². The van der Waals surface area contributed by atoms with Crippen LogP contribution in [0.5, 0.6) is 0 Å². The van der Waals surface area contributed by atoms with E-state index in [4.69, 9.17) is 5.11 Å². The summed E-state index contributed by atoms with van der Waals surface area (Å²) in [5.74, 6) is -0.933. The largest absolute Gasteiger partial charge is 0.481 e. The van der Waals surface area contributed by atoms with Gasteiger partial charge in [0.2, 0.25) is 5.91 Å². The molecule has 0 aromatic heterocycles. The van der Waals surface area contributed by atoms with Crippen molar-refractivity contribution in [2.45, 2.75) is 13.3 Å². The van der Waals surface area contributed by atoms with Crippen LogP contribution >= 0.6 is 15.9 Å². The zero-order valence-corrected chi connectivity index (χ0v) is 12.8. The van der Waals surface area contributed by atoms with Crippen molar-refractivity contribution in [2.75, 3.05) is 25.0 Å². The second-order valence-corrected chi connectivity index (χ2v) is 6.21. The van der Waals surface area contributed by atoms with Crippen LogP contribution in [0.1, 0.15) is 13.3 Å². The number of carbonyl (C=O) groups is 2. The molecule has 1 aliphatic heterocycles. The summed E-state index contributed by atoms with van der Waals surface area (Å²) in [7, 11) is 0. The van der Waals surface area contributed by atoms with Crippen molar-refractivity contribution < 1.29 is 14.7 Å². The summed E-state index contributed by atoms with van der Waals surface area (Å²) >= 11 is 3.37. The molecule has 0 saturated carbocycles. The van der Waals surface area contributed by atoms with Gasteiger partial charge in [-0.2, -0.15) is 0 Å². The average molecular weight is 341 g/mol. The van der Waals surface area contributed by atoms with Crippen LogP contribution in [0.3, 0.4) is 0 Å². The third-order valence-electron chi connectivity index (χ3n) is 3.58. The van der Waals surface area contributed by atoms with Gasteiger partial charge in [0.15, 0.2) is 0 Å². The predicted octanol–water partition coefficient (Wildman–Crippen LogP) is 2.18. The first-order valence-electron chi connectivity index (χ1n) is 6.41. The summed E-state index contributed by atoms with van der Waals surface area (Å²) in [4.78, 5) is 25.0. The first kappa shape index (κ1) is 15.0. The van der Waals surface area contributed by atoms with Gasteiger partial charge in [-0.1, -0.05) is 12.1 Å². The van der Waals surface area contributed by atoms with Crippen molar-refractivity contribution in [1.82, 2.24) is 4.90 Å². The minimum atomic E-state index is -0.800. The molecular formula is C14H17BrN2O3. The SMILES string of the molecule is CC1(C(=O)O)CCN(CC(=O)Nc2ccccc2Br)C1. The predicted molar refractivity (Wildman–Crippen MR) is 79.6 cm³/mol. The van der Waals surface area contributed by atoms with E-state index in [1.54, 1.807) is 6.92 Å². The van der Waals surface area contributed by atoms with Crippen LogP contribution in [0.25, 0.3) is 0 Å². The van der Waals surface area contributed by atoms with E-state index in [2.05, 4.69) is 21.2 Å². The van der Waals surface area contributed by atoms with Crippen molar-refractivity contribution in [1.29, 1.82) is 0 Å². The van der Waals surface area contributed by atoms with E-state index in [1.165, 1.54) is 0 Å². The molecule has 0 bridgehead atoms. The van der Waals surface area contributed by atoms with E-state index in [1.807, 2.05) is 29.2 Å². The maximum Gasteiger partial charge on any atom is 0.310 e. The molecule has 1 fully saturated rings. The maximum absolute atomic E-state index is 12.0. The van der Waals surface area contributed by atoms with E-state index in [0.29, 0.717) is 19.5 Å². The van der Waals surface area contributed by atoms with E-state index >= 15 is 0 Å². The fourth-order valence-electron chi connectivity index (χ4n) is 2.32. The smallest absolute Gasteiger partial charge is 0.310 e. The third kappa shape index (κ3) is 3.37. The van der Waals surface area contributed by atoms with Gasteiger partial charge in [-0.05, 0) is 48.0 Å². The first-order valence-corrected chi connectivity index (χ1v) is 7.20. The molecule has 2 rings (SSSR count). The fourth-order valence-corrected chi connectivity index (χ4v) is 2.71. The Bertz CT molecular complexity index is 535. The molecule has 1 aliphatic rings. The number of rotatable bonds is 4. The fraction of sp³-hybridized carbons (Fsp3) is 0.429. The first-order chi connectivity index (χ1) is 9.40. The Morgan fingerprint density at radius 1 is 1.45 bits per heavy atom. The molecule has 0 spiro atoms. The molecule has 2 N–H and O–H groups in total. The van der Waals surface area contributed by atoms with Crippen LogP contribution in [-0.4, -0.2) is 41.5 Å². The monoisotopic (exact) mass is 340 g/mol. The van der Waals surface area contributed by atoms with Crippen LogP contribution in [0.4, 0.5) is 5.69 Å². The zero-order valence-electron chi connectivity index (χ0n) is 11.2. The number of likely N-dealkylation sites (tertiary alicyclic amines) is 1. The van der Waals surface area contributed by atoms with E-state index < -0.39 is 11.4 Å². The molecule has 1 unspecified atom stereocenters. The molecule has 20 heavy (non-hydrogen) atoms. The standard InChI is InChI=1S/C14H17BrN2O3/c1-14(13(19)20)6-7-17(9-14)8-12(18)16-11-5-3-2-4-10(11)15/h2-5H,6-9H2,1H3,(H,16,18)(H,19,20). The number of carbonyl (C=O) groups excluding carboxylic acids is 1.